The van der Waals surface area contributed by atoms with Crippen LogP contribution in [0, 0.1) is 11.8 Å². The van der Waals surface area contributed by atoms with Gasteiger partial charge in [0, 0.05) is 6.42 Å². The number of halogens is 6. The van der Waals surface area contributed by atoms with Crippen LogP contribution in [0.1, 0.15) is 44.9 Å². The van der Waals surface area contributed by atoms with E-state index in [0.29, 0.717) is 12.8 Å². The Labute approximate surface area is 158 Å². The van der Waals surface area contributed by atoms with Gasteiger partial charge >= 0.3 is 18.3 Å². The smallest absolute Gasteiger partial charge is 0.430 e. The van der Waals surface area contributed by atoms with Crippen LogP contribution in [0.25, 0.3) is 0 Å². The first-order valence-corrected chi connectivity index (χ1v) is 10.8. The molecule has 0 aromatic rings. The standard InChI is InChI=1S/C16H22F6O5S/c17-15(18,19)14(24,16(20,21)22)13(11-3-1-2-4-11)27-12(23)9-10-5-7-28(25,26)8-6-10/h10-11,13,24H,1-9H2. The predicted octanol–water partition coefficient (Wildman–Crippen LogP) is 3.16. The van der Waals surface area contributed by atoms with Crippen LogP contribution in [0.3, 0.4) is 0 Å². The number of hydrogen-bond donors (Lipinski definition) is 1. The lowest BCUT2D eigenvalue weighted by Gasteiger charge is -2.40. The number of aliphatic hydroxyl groups is 1. The van der Waals surface area contributed by atoms with E-state index in [2.05, 4.69) is 4.74 Å². The molecule has 5 nitrogen and oxygen atoms in total. The molecule has 1 saturated carbocycles. The van der Waals surface area contributed by atoms with Crippen molar-refractivity contribution in [1.82, 2.24) is 0 Å². The average Bonchev–Trinajstić information content (AvgIpc) is 3.06. The van der Waals surface area contributed by atoms with Crippen LogP contribution >= 0.6 is 0 Å². The van der Waals surface area contributed by atoms with Gasteiger partial charge in [0.05, 0.1) is 11.5 Å². The molecular formula is C16H22F6O5S. The number of hydrogen-bond acceptors (Lipinski definition) is 5. The van der Waals surface area contributed by atoms with E-state index < -0.39 is 58.1 Å². The number of ether oxygens (including phenoxy) is 1. The van der Waals surface area contributed by atoms with E-state index in [9.17, 15) is 44.7 Å². The van der Waals surface area contributed by atoms with E-state index in [4.69, 9.17) is 0 Å². The lowest BCUT2D eigenvalue weighted by atomic mass is 9.84. The molecule has 12 heteroatoms. The van der Waals surface area contributed by atoms with Gasteiger partial charge in [0.25, 0.3) is 5.60 Å². The maximum atomic E-state index is 13.3. The fourth-order valence-electron chi connectivity index (χ4n) is 3.83. The Morgan fingerprint density at radius 3 is 1.86 bits per heavy atom. The molecule has 2 fully saturated rings. The summed E-state index contributed by atoms with van der Waals surface area (Å²) in [7, 11) is -3.24. The molecule has 28 heavy (non-hydrogen) atoms. The van der Waals surface area contributed by atoms with Gasteiger partial charge < -0.3 is 9.84 Å². The third-order valence-corrected chi connectivity index (χ3v) is 7.21. The number of sulfone groups is 1. The second-order valence-corrected chi connectivity index (χ2v) is 9.82. The molecule has 1 aliphatic heterocycles. The zero-order valence-corrected chi connectivity index (χ0v) is 15.7. The number of alkyl halides is 6. The van der Waals surface area contributed by atoms with Gasteiger partial charge in [-0.2, -0.15) is 26.3 Å². The molecule has 0 bridgehead atoms. The van der Waals surface area contributed by atoms with Crippen molar-refractivity contribution in [3.8, 4) is 0 Å². The molecular weight excluding hydrogens is 418 g/mol. The molecule has 1 N–H and O–H groups in total. The monoisotopic (exact) mass is 440 g/mol. The minimum absolute atomic E-state index is 0.0336. The molecule has 1 heterocycles. The third kappa shape index (κ3) is 4.92. The summed E-state index contributed by atoms with van der Waals surface area (Å²) in [5, 5.41) is 9.72. The van der Waals surface area contributed by atoms with Crippen LogP contribution in [0.15, 0.2) is 0 Å². The fraction of sp³-hybridized carbons (Fsp3) is 0.938. The number of esters is 1. The van der Waals surface area contributed by atoms with Crippen molar-refractivity contribution >= 4 is 15.8 Å². The first-order chi connectivity index (χ1) is 12.7. The molecule has 0 aromatic carbocycles. The van der Waals surface area contributed by atoms with E-state index in [-0.39, 0.29) is 37.2 Å². The average molecular weight is 440 g/mol. The largest absolute Gasteiger partial charge is 0.458 e. The molecule has 0 spiro atoms. The van der Waals surface area contributed by atoms with E-state index in [1.54, 1.807) is 0 Å². The van der Waals surface area contributed by atoms with Gasteiger partial charge in [-0.25, -0.2) is 8.42 Å². The summed E-state index contributed by atoms with van der Waals surface area (Å²) in [6.07, 6.45) is -14.6. The van der Waals surface area contributed by atoms with Gasteiger partial charge in [-0.1, -0.05) is 12.8 Å². The molecule has 1 saturated heterocycles. The Kier molecular flexibility index (Phi) is 6.64. The quantitative estimate of drug-likeness (QED) is 0.525. The first kappa shape index (κ1) is 23.2. The first-order valence-electron chi connectivity index (χ1n) is 8.93. The van der Waals surface area contributed by atoms with Gasteiger partial charge in [-0.15, -0.1) is 0 Å². The van der Waals surface area contributed by atoms with Gasteiger partial charge in [-0.3, -0.25) is 4.79 Å². The summed E-state index contributed by atoms with van der Waals surface area (Å²) in [5.74, 6) is -3.49. The molecule has 1 aliphatic carbocycles. The topological polar surface area (TPSA) is 80.7 Å². The summed E-state index contributed by atoms with van der Waals surface area (Å²) in [5.41, 5.74) is -5.17. The number of carbonyl (C=O) groups excluding carboxylic acids is 1. The highest BCUT2D eigenvalue weighted by molar-refractivity contribution is 7.91. The van der Waals surface area contributed by atoms with E-state index in [0.717, 1.165) is 0 Å². The fourth-order valence-corrected chi connectivity index (χ4v) is 5.42. The van der Waals surface area contributed by atoms with Crippen LogP contribution < -0.4 is 0 Å². The molecule has 1 unspecified atom stereocenters. The third-order valence-electron chi connectivity index (χ3n) is 5.49. The Hall–Kier alpha value is -1.04. The van der Waals surface area contributed by atoms with Crippen molar-refractivity contribution in [3.05, 3.63) is 0 Å². The molecule has 0 amide bonds. The number of rotatable bonds is 5. The Balaban J connectivity index is 2.20. The molecule has 164 valence electrons. The van der Waals surface area contributed by atoms with E-state index in [1.807, 2.05) is 0 Å². The minimum atomic E-state index is -6.09. The summed E-state index contributed by atoms with van der Waals surface area (Å²) < 4.78 is 107. The van der Waals surface area contributed by atoms with Crippen molar-refractivity contribution in [2.75, 3.05) is 11.5 Å². The van der Waals surface area contributed by atoms with Gasteiger partial charge in [0.1, 0.15) is 9.84 Å². The summed E-state index contributed by atoms with van der Waals surface area (Å²) in [4.78, 5) is 12.1. The van der Waals surface area contributed by atoms with Crippen LogP contribution in [-0.4, -0.2) is 55.1 Å². The minimum Gasteiger partial charge on any atom is -0.458 e. The zero-order valence-electron chi connectivity index (χ0n) is 14.9. The Morgan fingerprint density at radius 1 is 0.964 bits per heavy atom. The molecule has 0 aromatic heterocycles. The lowest BCUT2D eigenvalue weighted by Crippen LogP contribution is -2.66. The Bertz CT molecular complexity index is 638. The van der Waals surface area contributed by atoms with Crippen LogP contribution in [0.2, 0.25) is 0 Å². The van der Waals surface area contributed by atoms with Gasteiger partial charge in [0.2, 0.25) is 0 Å². The maximum absolute atomic E-state index is 13.3. The van der Waals surface area contributed by atoms with E-state index in [1.165, 1.54) is 0 Å². The lowest BCUT2D eigenvalue weighted by molar-refractivity contribution is -0.395. The molecule has 2 aliphatic rings. The second-order valence-electron chi connectivity index (χ2n) is 7.52. The van der Waals surface area contributed by atoms with Crippen LogP contribution in [-0.2, 0) is 19.4 Å². The highest BCUT2D eigenvalue weighted by Crippen LogP contribution is 2.50. The van der Waals surface area contributed by atoms with Gasteiger partial charge in [0.15, 0.2) is 6.10 Å². The normalized spacial score (nSPS) is 23.5. The van der Waals surface area contributed by atoms with Crippen molar-refractivity contribution in [1.29, 1.82) is 0 Å². The highest BCUT2D eigenvalue weighted by atomic mass is 32.2. The predicted molar refractivity (Wildman–Crippen MR) is 84.9 cm³/mol. The summed E-state index contributed by atoms with van der Waals surface area (Å²) in [6, 6.07) is 0. The van der Waals surface area contributed by atoms with Crippen molar-refractivity contribution in [2.45, 2.75) is 69.0 Å². The SMILES string of the molecule is O=C(CC1CCS(=O)(=O)CC1)OC(C1CCCC1)C(O)(C(F)(F)F)C(F)(F)F. The summed E-state index contributed by atoms with van der Waals surface area (Å²) in [6.45, 7) is 0. The number of carbonyl (C=O) groups is 1. The molecule has 1 atom stereocenters. The maximum Gasteiger partial charge on any atom is 0.430 e. The molecule has 2 rings (SSSR count). The van der Waals surface area contributed by atoms with Crippen molar-refractivity contribution < 1.29 is 49.4 Å². The second kappa shape index (κ2) is 8.00. The Morgan fingerprint density at radius 2 is 1.43 bits per heavy atom. The molecule has 0 radical (unpaired) electrons. The summed E-state index contributed by atoms with van der Waals surface area (Å²) >= 11 is 0. The highest BCUT2D eigenvalue weighted by Gasteiger charge is 2.76. The van der Waals surface area contributed by atoms with Gasteiger partial charge in [-0.05, 0) is 37.5 Å². The van der Waals surface area contributed by atoms with Crippen molar-refractivity contribution in [2.24, 2.45) is 11.8 Å². The van der Waals surface area contributed by atoms with Crippen LogP contribution in [0.4, 0.5) is 26.3 Å². The van der Waals surface area contributed by atoms with Crippen LogP contribution in [0.5, 0.6) is 0 Å². The van der Waals surface area contributed by atoms with Crippen molar-refractivity contribution in [3.63, 3.8) is 0 Å². The zero-order chi connectivity index (χ0) is 21.4. The van der Waals surface area contributed by atoms with E-state index >= 15 is 0 Å².